The maximum atomic E-state index is 11.3. The van der Waals surface area contributed by atoms with Crippen LogP contribution < -0.4 is 0 Å². The van der Waals surface area contributed by atoms with Crippen LogP contribution in [0.25, 0.3) is 16.6 Å². The summed E-state index contributed by atoms with van der Waals surface area (Å²) in [6, 6.07) is 9.98. The molecule has 2 aromatic heterocycles. The summed E-state index contributed by atoms with van der Waals surface area (Å²) in [5, 5.41) is 1.12. The second-order valence-corrected chi connectivity index (χ2v) is 4.86. The first-order valence-electron chi connectivity index (χ1n) is 5.23. The van der Waals surface area contributed by atoms with E-state index in [1.54, 1.807) is 6.20 Å². The van der Waals surface area contributed by atoms with E-state index in [0.29, 0.717) is 5.69 Å². The first-order chi connectivity index (χ1) is 8.15. The fraction of sp³-hybridized carbons (Fsp3) is 0.0769. The standard InChI is InChI=1S/C13H9BrN2O/c1-8(17)11-7-16-12-6-10(14)4-2-9(12)3-5-13(16)15-11/h2-7H,1H3. The zero-order valence-corrected chi connectivity index (χ0v) is 10.7. The third kappa shape index (κ3) is 1.65. The SMILES string of the molecule is CC(=O)c1cn2c(ccc3ccc(Br)cc32)n1. The van der Waals surface area contributed by atoms with E-state index in [-0.39, 0.29) is 5.78 Å². The lowest BCUT2D eigenvalue weighted by molar-refractivity contribution is 0.101. The summed E-state index contributed by atoms with van der Waals surface area (Å²) >= 11 is 3.45. The monoisotopic (exact) mass is 288 g/mol. The van der Waals surface area contributed by atoms with Gasteiger partial charge < -0.3 is 0 Å². The molecule has 17 heavy (non-hydrogen) atoms. The minimum Gasteiger partial charge on any atom is -0.299 e. The van der Waals surface area contributed by atoms with Crippen LogP contribution in [0.1, 0.15) is 17.4 Å². The van der Waals surface area contributed by atoms with Crippen molar-refractivity contribution < 1.29 is 4.79 Å². The summed E-state index contributed by atoms with van der Waals surface area (Å²) in [4.78, 5) is 15.6. The van der Waals surface area contributed by atoms with Crippen LogP contribution in [0.2, 0.25) is 0 Å². The minimum atomic E-state index is -0.0168. The Bertz CT molecular complexity index is 746. The molecule has 0 atom stereocenters. The van der Waals surface area contributed by atoms with Crippen molar-refractivity contribution in [1.29, 1.82) is 0 Å². The molecular formula is C13H9BrN2O. The third-order valence-corrected chi connectivity index (χ3v) is 3.25. The second-order valence-electron chi connectivity index (χ2n) is 3.95. The molecule has 0 fully saturated rings. The molecule has 3 rings (SSSR count). The number of nitrogens with zero attached hydrogens (tertiary/aromatic N) is 2. The Labute approximate surface area is 106 Å². The average Bonchev–Trinajstić information content (AvgIpc) is 2.73. The molecule has 4 heteroatoms. The van der Waals surface area contributed by atoms with Crippen LogP contribution >= 0.6 is 15.9 Å². The van der Waals surface area contributed by atoms with E-state index < -0.39 is 0 Å². The average molecular weight is 289 g/mol. The van der Waals surface area contributed by atoms with E-state index in [1.807, 2.05) is 34.7 Å². The summed E-state index contributed by atoms with van der Waals surface area (Å²) in [7, 11) is 0. The van der Waals surface area contributed by atoms with Gasteiger partial charge in [0, 0.05) is 17.6 Å². The van der Waals surface area contributed by atoms with Crippen LogP contribution in [0.4, 0.5) is 0 Å². The largest absolute Gasteiger partial charge is 0.299 e. The van der Waals surface area contributed by atoms with Crippen LogP contribution in [0.15, 0.2) is 41.0 Å². The Morgan fingerprint density at radius 2 is 2.06 bits per heavy atom. The van der Waals surface area contributed by atoms with Crippen molar-refractivity contribution in [3.8, 4) is 0 Å². The molecule has 0 aliphatic heterocycles. The van der Waals surface area contributed by atoms with Crippen molar-refractivity contribution >= 4 is 38.3 Å². The molecule has 3 aromatic rings. The first-order valence-corrected chi connectivity index (χ1v) is 6.03. The smallest absolute Gasteiger partial charge is 0.179 e. The lowest BCUT2D eigenvalue weighted by Crippen LogP contribution is -1.90. The van der Waals surface area contributed by atoms with Gasteiger partial charge in [-0.3, -0.25) is 9.20 Å². The lowest BCUT2D eigenvalue weighted by Gasteiger charge is -2.01. The Morgan fingerprint density at radius 1 is 1.29 bits per heavy atom. The van der Waals surface area contributed by atoms with Gasteiger partial charge in [-0.2, -0.15) is 0 Å². The molecule has 84 valence electrons. The first kappa shape index (κ1) is 10.5. The fourth-order valence-electron chi connectivity index (χ4n) is 1.91. The van der Waals surface area contributed by atoms with E-state index in [9.17, 15) is 4.79 Å². The van der Waals surface area contributed by atoms with Crippen molar-refractivity contribution in [1.82, 2.24) is 9.38 Å². The number of ketones is 1. The van der Waals surface area contributed by atoms with Gasteiger partial charge in [0.1, 0.15) is 11.3 Å². The molecule has 0 spiro atoms. The van der Waals surface area contributed by atoms with Gasteiger partial charge in [0.15, 0.2) is 5.78 Å². The molecule has 0 N–H and O–H groups in total. The maximum absolute atomic E-state index is 11.3. The summed E-state index contributed by atoms with van der Waals surface area (Å²) in [6.07, 6.45) is 1.78. The fourth-order valence-corrected chi connectivity index (χ4v) is 2.25. The number of carbonyl (C=O) groups is 1. The molecule has 0 saturated heterocycles. The number of rotatable bonds is 1. The number of imidazole rings is 1. The summed E-state index contributed by atoms with van der Waals surface area (Å²) < 4.78 is 2.95. The van der Waals surface area contributed by atoms with E-state index >= 15 is 0 Å². The van der Waals surface area contributed by atoms with E-state index in [1.165, 1.54) is 6.92 Å². The van der Waals surface area contributed by atoms with Gasteiger partial charge in [-0.25, -0.2) is 4.98 Å². The topological polar surface area (TPSA) is 34.4 Å². The van der Waals surface area contributed by atoms with Crippen molar-refractivity contribution in [3.63, 3.8) is 0 Å². The highest BCUT2D eigenvalue weighted by molar-refractivity contribution is 9.10. The highest BCUT2D eigenvalue weighted by atomic mass is 79.9. The minimum absolute atomic E-state index is 0.0168. The van der Waals surface area contributed by atoms with Gasteiger partial charge in [0.05, 0.1) is 5.52 Å². The molecule has 0 amide bonds. The van der Waals surface area contributed by atoms with Gasteiger partial charge in [-0.15, -0.1) is 0 Å². The summed E-state index contributed by atoms with van der Waals surface area (Å²) in [5.41, 5.74) is 2.33. The van der Waals surface area contributed by atoms with Crippen LogP contribution in [-0.2, 0) is 0 Å². The number of halogens is 1. The zero-order chi connectivity index (χ0) is 12.0. The normalized spacial score (nSPS) is 11.2. The molecule has 0 saturated carbocycles. The van der Waals surface area contributed by atoms with Gasteiger partial charge in [0.25, 0.3) is 0 Å². The molecule has 0 aliphatic carbocycles. The molecule has 0 bridgehead atoms. The van der Waals surface area contributed by atoms with Crippen molar-refractivity contribution in [2.45, 2.75) is 6.92 Å². The number of pyridine rings is 1. The second kappa shape index (κ2) is 3.67. The number of carbonyl (C=O) groups excluding carboxylic acids is 1. The summed E-state index contributed by atoms with van der Waals surface area (Å²) in [5.74, 6) is -0.0168. The lowest BCUT2D eigenvalue weighted by atomic mass is 10.2. The molecule has 2 heterocycles. The molecule has 1 aromatic carbocycles. The number of Topliss-reactive ketones (excluding diaryl/α,β-unsaturated/α-hetero) is 1. The number of benzene rings is 1. The number of hydrogen-bond donors (Lipinski definition) is 0. The molecular weight excluding hydrogens is 280 g/mol. The highest BCUT2D eigenvalue weighted by Crippen LogP contribution is 2.21. The van der Waals surface area contributed by atoms with Crippen molar-refractivity contribution in [2.24, 2.45) is 0 Å². The van der Waals surface area contributed by atoms with E-state index in [2.05, 4.69) is 20.9 Å². The number of hydrogen-bond acceptors (Lipinski definition) is 2. The van der Waals surface area contributed by atoms with Crippen molar-refractivity contribution in [3.05, 3.63) is 46.7 Å². The Hall–Kier alpha value is -1.68. The summed E-state index contributed by atoms with van der Waals surface area (Å²) in [6.45, 7) is 1.53. The Balaban J connectivity index is 2.45. The molecule has 3 nitrogen and oxygen atoms in total. The molecule has 0 aliphatic rings. The quantitative estimate of drug-likeness (QED) is 0.643. The predicted octanol–water partition coefficient (Wildman–Crippen LogP) is 3.45. The maximum Gasteiger partial charge on any atom is 0.179 e. The highest BCUT2D eigenvalue weighted by Gasteiger charge is 2.08. The molecule has 0 radical (unpaired) electrons. The predicted molar refractivity (Wildman–Crippen MR) is 70.4 cm³/mol. The van der Waals surface area contributed by atoms with Gasteiger partial charge in [0.2, 0.25) is 0 Å². The van der Waals surface area contributed by atoms with Gasteiger partial charge in [-0.1, -0.05) is 22.0 Å². The van der Waals surface area contributed by atoms with Gasteiger partial charge in [-0.05, 0) is 29.7 Å². The number of fused-ring (bicyclic) bond motifs is 3. The van der Waals surface area contributed by atoms with Crippen LogP contribution in [0.5, 0.6) is 0 Å². The van der Waals surface area contributed by atoms with Gasteiger partial charge >= 0.3 is 0 Å². The van der Waals surface area contributed by atoms with Crippen LogP contribution in [-0.4, -0.2) is 15.2 Å². The Morgan fingerprint density at radius 3 is 2.82 bits per heavy atom. The third-order valence-electron chi connectivity index (χ3n) is 2.76. The van der Waals surface area contributed by atoms with Crippen molar-refractivity contribution in [2.75, 3.05) is 0 Å². The zero-order valence-electron chi connectivity index (χ0n) is 9.14. The van der Waals surface area contributed by atoms with E-state index in [0.717, 1.165) is 21.0 Å². The number of aromatic nitrogens is 2. The Kier molecular flexibility index (Phi) is 2.26. The van der Waals surface area contributed by atoms with Crippen LogP contribution in [0.3, 0.4) is 0 Å². The molecule has 0 unspecified atom stereocenters. The van der Waals surface area contributed by atoms with E-state index in [4.69, 9.17) is 0 Å². The van der Waals surface area contributed by atoms with Crippen LogP contribution in [0, 0.1) is 0 Å².